The lowest BCUT2D eigenvalue weighted by Gasteiger charge is -2.29. The Labute approximate surface area is 194 Å². The molecule has 4 aromatic rings. The lowest BCUT2D eigenvalue weighted by molar-refractivity contribution is 0.129. The van der Waals surface area contributed by atoms with Gasteiger partial charge >= 0.3 is 0 Å². The van der Waals surface area contributed by atoms with Crippen molar-refractivity contribution >= 4 is 27.8 Å². The number of unbranched alkanes of at least 4 members (excludes halogenated alkanes) is 1. The molecule has 0 unspecified atom stereocenters. The van der Waals surface area contributed by atoms with Crippen LogP contribution >= 0.6 is 0 Å². The summed E-state index contributed by atoms with van der Waals surface area (Å²) in [5, 5.41) is 4.56. The zero-order valence-corrected chi connectivity index (χ0v) is 19.2. The summed E-state index contributed by atoms with van der Waals surface area (Å²) in [6.07, 6.45) is 3.96. The van der Waals surface area contributed by atoms with Crippen molar-refractivity contribution in [2.45, 2.75) is 58.3 Å². The number of fused-ring (bicyclic) bond motifs is 3. The highest BCUT2D eigenvalue weighted by molar-refractivity contribution is 6.06. The summed E-state index contributed by atoms with van der Waals surface area (Å²) in [6, 6.07) is 16.9. The molecule has 6 heteroatoms. The van der Waals surface area contributed by atoms with Crippen LogP contribution in [0.2, 0.25) is 0 Å². The Morgan fingerprint density at radius 3 is 2.58 bits per heavy atom. The van der Waals surface area contributed by atoms with Gasteiger partial charge < -0.3 is 15.6 Å². The summed E-state index contributed by atoms with van der Waals surface area (Å²) < 4.78 is 15.3. The second-order valence-electron chi connectivity index (χ2n) is 9.31. The maximum absolute atomic E-state index is 13.0. The number of nitrogens with zero attached hydrogens (tertiary/aromatic N) is 3. The van der Waals surface area contributed by atoms with E-state index < -0.39 is 6.17 Å². The molecular weight excluding hydrogens is 413 g/mol. The fourth-order valence-electron chi connectivity index (χ4n) is 4.79. The molecule has 172 valence electrons. The van der Waals surface area contributed by atoms with Gasteiger partial charge in [0, 0.05) is 24.9 Å². The van der Waals surface area contributed by atoms with E-state index in [0.29, 0.717) is 24.6 Å². The third kappa shape index (κ3) is 4.58. The number of hydrogen-bond acceptors (Lipinski definition) is 4. The second-order valence-corrected chi connectivity index (χ2v) is 9.31. The van der Waals surface area contributed by atoms with Crippen LogP contribution in [0.15, 0.2) is 48.5 Å². The number of halogens is 1. The van der Waals surface area contributed by atoms with Gasteiger partial charge in [-0.05, 0) is 48.9 Å². The number of nitrogens with two attached hydrogens (primary N) is 1. The van der Waals surface area contributed by atoms with Crippen LogP contribution < -0.4 is 11.1 Å². The molecule has 0 amide bonds. The van der Waals surface area contributed by atoms with Crippen molar-refractivity contribution in [2.24, 2.45) is 5.92 Å². The number of para-hydroxylation sites is 1. The molecule has 0 bridgehead atoms. The molecule has 1 aliphatic carbocycles. The van der Waals surface area contributed by atoms with Crippen molar-refractivity contribution in [1.82, 2.24) is 19.9 Å². The molecule has 2 aromatic carbocycles. The number of nitrogens with one attached hydrogen (secondary N) is 1. The molecule has 0 radical (unpaired) electrons. The average Bonchev–Trinajstić information content (AvgIpc) is 3.16. The standard InChI is InChI=1S/C27H32FN5/c1-2-3-8-24-32-25-26(22-6-4-5-7-23(22)31-27(25)29)33(24)17-19-11-9-18(10-12-19)15-30-16-20-13-21(28)14-20/h4-7,9-12,20-21,30H,2-3,8,13-17H2,1H3,(H2,29,31). The topological polar surface area (TPSA) is 68.8 Å². The highest BCUT2D eigenvalue weighted by Gasteiger charge is 2.28. The van der Waals surface area contributed by atoms with Gasteiger partial charge in [0.15, 0.2) is 5.82 Å². The lowest BCUT2D eigenvalue weighted by Crippen LogP contribution is -2.33. The maximum Gasteiger partial charge on any atom is 0.152 e. The molecule has 0 spiro atoms. The van der Waals surface area contributed by atoms with Crippen LogP contribution in [0.3, 0.4) is 0 Å². The van der Waals surface area contributed by atoms with Crippen molar-refractivity contribution < 1.29 is 4.39 Å². The first kappa shape index (κ1) is 21.8. The van der Waals surface area contributed by atoms with E-state index in [9.17, 15) is 4.39 Å². The van der Waals surface area contributed by atoms with Crippen LogP contribution in [-0.4, -0.2) is 27.3 Å². The molecule has 33 heavy (non-hydrogen) atoms. The van der Waals surface area contributed by atoms with Crippen LogP contribution in [0, 0.1) is 5.92 Å². The first-order valence-corrected chi connectivity index (χ1v) is 12.1. The number of aromatic nitrogens is 3. The van der Waals surface area contributed by atoms with Gasteiger partial charge in [-0.15, -0.1) is 0 Å². The summed E-state index contributed by atoms with van der Waals surface area (Å²) in [5.74, 6) is 2.05. The molecule has 0 atom stereocenters. The summed E-state index contributed by atoms with van der Waals surface area (Å²) >= 11 is 0. The summed E-state index contributed by atoms with van der Waals surface area (Å²) in [6.45, 7) is 4.66. The van der Waals surface area contributed by atoms with E-state index in [0.717, 1.165) is 66.7 Å². The Morgan fingerprint density at radius 1 is 1.06 bits per heavy atom. The van der Waals surface area contributed by atoms with Crippen molar-refractivity contribution in [3.63, 3.8) is 0 Å². The van der Waals surface area contributed by atoms with Gasteiger partial charge in [0.25, 0.3) is 0 Å². The molecule has 2 aromatic heterocycles. The predicted octanol–water partition coefficient (Wildman–Crippen LogP) is 5.40. The van der Waals surface area contributed by atoms with E-state index in [1.165, 1.54) is 11.1 Å². The summed E-state index contributed by atoms with van der Waals surface area (Å²) in [5.41, 5.74) is 11.6. The van der Waals surface area contributed by atoms with Crippen LogP contribution in [0.25, 0.3) is 21.9 Å². The zero-order chi connectivity index (χ0) is 22.8. The minimum absolute atomic E-state index is 0.493. The SMILES string of the molecule is CCCCc1nc2c(N)nc3ccccc3c2n1Cc1ccc(CNCC2CC(F)C2)cc1. The lowest BCUT2D eigenvalue weighted by atomic mass is 9.83. The molecule has 2 heterocycles. The number of pyridine rings is 1. The number of nitrogen functional groups attached to an aromatic ring is 1. The quantitative estimate of drug-likeness (QED) is 0.362. The van der Waals surface area contributed by atoms with Crippen LogP contribution in [0.1, 0.15) is 49.6 Å². The Bertz CT molecular complexity index is 1240. The van der Waals surface area contributed by atoms with E-state index >= 15 is 0 Å². The van der Waals surface area contributed by atoms with E-state index in [4.69, 9.17) is 10.7 Å². The Morgan fingerprint density at radius 2 is 1.82 bits per heavy atom. The zero-order valence-electron chi connectivity index (χ0n) is 19.2. The Hall–Kier alpha value is -2.99. The first-order chi connectivity index (χ1) is 16.1. The van der Waals surface area contributed by atoms with E-state index in [1.807, 2.05) is 18.2 Å². The van der Waals surface area contributed by atoms with Gasteiger partial charge in [-0.25, -0.2) is 14.4 Å². The summed E-state index contributed by atoms with van der Waals surface area (Å²) in [7, 11) is 0. The van der Waals surface area contributed by atoms with Crippen LogP contribution in [0.5, 0.6) is 0 Å². The number of imidazole rings is 1. The van der Waals surface area contributed by atoms with Crippen molar-refractivity contribution in [3.05, 3.63) is 65.5 Å². The minimum Gasteiger partial charge on any atom is -0.382 e. The fourth-order valence-corrected chi connectivity index (χ4v) is 4.79. The summed E-state index contributed by atoms with van der Waals surface area (Å²) in [4.78, 5) is 9.51. The van der Waals surface area contributed by atoms with Gasteiger partial charge in [0.2, 0.25) is 0 Å². The monoisotopic (exact) mass is 445 g/mol. The van der Waals surface area contributed by atoms with Crippen molar-refractivity contribution in [2.75, 3.05) is 12.3 Å². The van der Waals surface area contributed by atoms with Crippen molar-refractivity contribution in [1.29, 1.82) is 0 Å². The first-order valence-electron chi connectivity index (χ1n) is 12.1. The smallest absolute Gasteiger partial charge is 0.152 e. The molecule has 3 N–H and O–H groups in total. The van der Waals surface area contributed by atoms with E-state index in [2.05, 4.69) is 52.1 Å². The molecule has 5 rings (SSSR count). The molecule has 0 saturated heterocycles. The number of benzene rings is 2. The molecule has 1 saturated carbocycles. The number of rotatable bonds is 9. The number of alkyl halides is 1. The predicted molar refractivity (Wildman–Crippen MR) is 133 cm³/mol. The maximum atomic E-state index is 13.0. The largest absolute Gasteiger partial charge is 0.382 e. The van der Waals surface area contributed by atoms with Gasteiger partial charge in [0.05, 0.1) is 11.0 Å². The van der Waals surface area contributed by atoms with Gasteiger partial charge in [-0.1, -0.05) is 55.8 Å². The fraction of sp³-hybridized carbons (Fsp3) is 0.407. The molecule has 5 nitrogen and oxygen atoms in total. The van der Waals surface area contributed by atoms with Gasteiger partial charge in [-0.3, -0.25) is 0 Å². The molecule has 1 fully saturated rings. The number of aryl methyl sites for hydroxylation is 1. The molecule has 0 aliphatic heterocycles. The van der Waals surface area contributed by atoms with Gasteiger partial charge in [0.1, 0.15) is 17.5 Å². The number of hydrogen-bond donors (Lipinski definition) is 2. The van der Waals surface area contributed by atoms with Gasteiger partial charge in [-0.2, -0.15) is 0 Å². The Kier molecular flexibility index (Phi) is 6.27. The van der Waals surface area contributed by atoms with Crippen LogP contribution in [-0.2, 0) is 19.5 Å². The highest BCUT2D eigenvalue weighted by Crippen LogP contribution is 2.30. The Balaban J connectivity index is 1.40. The average molecular weight is 446 g/mol. The third-order valence-corrected chi connectivity index (χ3v) is 6.75. The van der Waals surface area contributed by atoms with E-state index in [1.54, 1.807) is 0 Å². The van der Waals surface area contributed by atoms with E-state index in [-0.39, 0.29) is 0 Å². The third-order valence-electron chi connectivity index (χ3n) is 6.75. The minimum atomic E-state index is -0.583. The molecule has 1 aliphatic rings. The van der Waals surface area contributed by atoms with Crippen molar-refractivity contribution in [3.8, 4) is 0 Å². The normalized spacial score (nSPS) is 18.1. The van der Waals surface area contributed by atoms with Crippen LogP contribution in [0.4, 0.5) is 10.2 Å². The number of anilines is 1. The second kappa shape index (κ2) is 9.48. The highest BCUT2D eigenvalue weighted by atomic mass is 19.1. The molecular formula is C27H32FN5.